The first-order chi connectivity index (χ1) is 13.2. The molecule has 1 N–H and O–H groups in total. The lowest BCUT2D eigenvalue weighted by Gasteiger charge is -2.22. The molecule has 150 valence electrons. The minimum absolute atomic E-state index is 0.00256. The fourth-order valence-electron chi connectivity index (χ4n) is 3.24. The van der Waals surface area contributed by atoms with Gasteiger partial charge in [0, 0.05) is 30.3 Å². The highest BCUT2D eigenvalue weighted by atomic mass is 16.2. The van der Waals surface area contributed by atoms with Gasteiger partial charge in [-0.3, -0.25) is 14.3 Å². The molecule has 28 heavy (non-hydrogen) atoms. The number of hydrogen-bond donors (Lipinski definition) is 1. The van der Waals surface area contributed by atoms with E-state index < -0.39 is 0 Å². The van der Waals surface area contributed by atoms with Gasteiger partial charge in [-0.2, -0.15) is 5.10 Å². The van der Waals surface area contributed by atoms with Crippen LogP contribution in [0.25, 0.3) is 0 Å². The molecule has 2 amide bonds. The summed E-state index contributed by atoms with van der Waals surface area (Å²) in [6.07, 6.45) is 2.29. The largest absolute Gasteiger partial charge is 0.339 e. The Balaban J connectivity index is 1.77. The Morgan fingerprint density at radius 1 is 1.14 bits per heavy atom. The number of amides is 2. The molecule has 6 nitrogen and oxygen atoms in total. The molecule has 0 unspecified atom stereocenters. The standard InChI is InChI=1S/C22H30N4O2/c1-6-25(7-2)21(28)16-10-12-17(13-11-16)23-20(27)19-14-18(15-8-9-15)24-26(19)22(3,4)5/h10-15H,6-9H2,1-5H3,(H,23,27). The summed E-state index contributed by atoms with van der Waals surface area (Å²) >= 11 is 0. The number of anilines is 1. The van der Waals surface area contributed by atoms with Crippen LogP contribution in [0.15, 0.2) is 30.3 Å². The molecule has 1 heterocycles. The van der Waals surface area contributed by atoms with Gasteiger partial charge in [-0.05, 0) is 77.8 Å². The summed E-state index contributed by atoms with van der Waals surface area (Å²) in [5, 5.41) is 7.63. The van der Waals surface area contributed by atoms with Crippen LogP contribution in [0.5, 0.6) is 0 Å². The molecule has 1 aromatic heterocycles. The monoisotopic (exact) mass is 382 g/mol. The fourth-order valence-corrected chi connectivity index (χ4v) is 3.24. The first-order valence-corrected chi connectivity index (χ1v) is 10.1. The van der Waals surface area contributed by atoms with Crippen LogP contribution in [0.2, 0.25) is 0 Å². The van der Waals surface area contributed by atoms with E-state index in [1.807, 2.05) is 45.4 Å². The van der Waals surface area contributed by atoms with Crippen LogP contribution in [0.4, 0.5) is 5.69 Å². The SMILES string of the molecule is CCN(CC)C(=O)c1ccc(NC(=O)c2cc(C3CC3)nn2C(C)(C)C)cc1. The molecule has 0 spiro atoms. The molecule has 0 saturated heterocycles. The highest BCUT2D eigenvalue weighted by molar-refractivity contribution is 6.03. The maximum Gasteiger partial charge on any atom is 0.273 e. The lowest BCUT2D eigenvalue weighted by molar-refractivity contribution is 0.0773. The van der Waals surface area contributed by atoms with Gasteiger partial charge < -0.3 is 10.2 Å². The van der Waals surface area contributed by atoms with Gasteiger partial charge in [0.2, 0.25) is 0 Å². The van der Waals surface area contributed by atoms with Crippen LogP contribution in [-0.4, -0.2) is 39.6 Å². The highest BCUT2D eigenvalue weighted by Crippen LogP contribution is 2.40. The number of aromatic nitrogens is 2. The molecular weight excluding hydrogens is 352 g/mol. The zero-order valence-electron chi connectivity index (χ0n) is 17.5. The van der Waals surface area contributed by atoms with Crippen LogP contribution in [-0.2, 0) is 5.54 Å². The molecule has 2 aromatic rings. The van der Waals surface area contributed by atoms with Crippen molar-refractivity contribution in [2.24, 2.45) is 0 Å². The topological polar surface area (TPSA) is 67.2 Å². The highest BCUT2D eigenvalue weighted by Gasteiger charge is 2.31. The van der Waals surface area contributed by atoms with Crippen LogP contribution >= 0.6 is 0 Å². The van der Waals surface area contributed by atoms with Crippen LogP contribution < -0.4 is 5.32 Å². The Hall–Kier alpha value is -2.63. The average molecular weight is 383 g/mol. The van der Waals surface area contributed by atoms with Gasteiger partial charge in [0.1, 0.15) is 5.69 Å². The third-order valence-corrected chi connectivity index (χ3v) is 5.03. The molecule has 0 atom stereocenters. The Kier molecular flexibility index (Phi) is 5.59. The summed E-state index contributed by atoms with van der Waals surface area (Å²) in [5.74, 6) is 0.306. The lowest BCUT2D eigenvalue weighted by atomic mass is 10.1. The van der Waals surface area contributed by atoms with Crippen molar-refractivity contribution in [3.8, 4) is 0 Å². The van der Waals surface area contributed by atoms with Gasteiger partial charge in [0.25, 0.3) is 11.8 Å². The van der Waals surface area contributed by atoms with Gasteiger partial charge >= 0.3 is 0 Å². The van der Waals surface area contributed by atoms with E-state index in [0.29, 0.717) is 36.0 Å². The molecule has 1 fully saturated rings. The maximum atomic E-state index is 12.9. The zero-order chi connectivity index (χ0) is 20.5. The van der Waals surface area contributed by atoms with Gasteiger partial charge in [-0.15, -0.1) is 0 Å². The molecule has 1 aliphatic carbocycles. The molecule has 0 bridgehead atoms. The van der Waals surface area contributed by atoms with Gasteiger partial charge in [0.05, 0.1) is 11.2 Å². The summed E-state index contributed by atoms with van der Waals surface area (Å²) in [4.78, 5) is 27.1. The Morgan fingerprint density at radius 3 is 2.25 bits per heavy atom. The number of rotatable bonds is 6. The van der Waals surface area contributed by atoms with Crippen molar-refractivity contribution >= 4 is 17.5 Å². The van der Waals surface area contributed by atoms with E-state index in [9.17, 15) is 9.59 Å². The third kappa shape index (κ3) is 4.26. The average Bonchev–Trinajstić information content (AvgIpc) is 3.40. The van der Waals surface area contributed by atoms with Crippen LogP contribution in [0, 0.1) is 0 Å². The lowest BCUT2D eigenvalue weighted by Crippen LogP contribution is -2.30. The Labute approximate surface area is 166 Å². The second kappa shape index (κ2) is 7.78. The van der Waals surface area contributed by atoms with E-state index in [-0.39, 0.29) is 17.4 Å². The smallest absolute Gasteiger partial charge is 0.273 e. The van der Waals surface area contributed by atoms with Gasteiger partial charge in [-0.1, -0.05) is 0 Å². The van der Waals surface area contributed by atoms with E-state index in [0.717, 1.165) is 18.5 Å². The predicted octanol–water partition coefficient (Wildman–Crippen LogP) is 4.25. The molecule has 1 aliphatic rings. The second-order valence-corrected chi connectivity index (χ2v) is 8.32. The van der Waals surface area contributed by atoms with Gasteiger partial charge in [-0.25, -0.2) is 0 Å². The number of nitrogens with zero attached hydrogens (tertiary/aromatic N) is 3. The van der Waals surface area contributed by atoms with Crippen LogP contribution in [0.3, 0.4) is 0 Å². The van der Waals surface area contributed by atoms with Crippen molar-refractivity contribution in [1.29, 1.82) is 0 Å². The van der Waals surface area contributed by atoms with E-state index in [4.69, 9.17) is 0 Å². The number of hydrogen-bond acceptors (Lipinski definition) is 3. The molecule has 1 aromatic carbocycles. The summed E-state index contributed by atoms with van der Waals surface area (Å²) in [6.45, 7) is 11.4. The van der Waals surface area contributed by atoms with Crippen molar-refractivity contribution in [2.75, 3.05) is 18.4 Å². The first kappa shape index (κ1) is 20.1. The maximum absolute atomic E-state index is 12.9. The number of nitrogens with one attached hydrogen (secondary N) is 1. The van der Waals surface area contributed by atoms with E-state index in [2.05, 4.69) is 10.4 Å². The molecular formula is C22H30N4O2. The van der Waals surface area contributed by atoms with Crippen molar-refractivity contribution < 1.29 is 9.59 Å². The minimum atomic E-state index is -0.278. The summed E-state index contributed by atoms with van der Waals surface area (Å²) in [6, 6.07) is 8.97. The van der Waals surface area contributed by atoms with Crippen molar-refractivity contribution in [1.82, 2.24) is 14.7 Å². The number of carbonyl (C=O) groups excluding carboxylic acids is 2. The van der Waals surface area contributed by atoms with Crippen molar-refractivity contribution in [3.05, 3.63) is 47.3 Å². The Bertz CT molecular complexity index is 854. The normalized spacial score (nSPS) is 14.0. The molecule has 0 radical (unpaired) electrons. The van der Waals surface area contributed by atoms with Crippen molar-refractivity contribution in [3.63, 3.8) is 0 Å². The van der Waals surface area contributed by atoms with E-state index in [1.54, 1.807) is 29.2 Å². The second-order valence-electron chi connectivity index (χ2n) is 8.32. The summed E-state index contributed by atoms with van der Waals surface area (Å²) in [7, 11) is 0. The molecule has 0 aliphatic heterocycles. The zero-order valence-corrected chi connectivity index (χ0v) is 17.5. The van der Waals surface area contributed by atoms with E-state index >= 15 is 0 Å². The fraction of sp³-hybridized carbons (Fsp3) is 0.500. The summed E-state index contributed by atoms with van der Waals surface area (Å²) < 4.78 is 1.81. The third-order valence-electron chi connectivity index (χ3n) is 5.03. The quantitative estimate of drug-likeness (QED) is 0.812. The number of benzene rings is 1. The molecule has 6 heteroatoms. The van der Waals surface area contributed by atoms with Crippen LogP contribution in [0.1, 0.15) is 79.9 Å². The predicted molar refractivity (Wildman–Crippen MR) is 111 cm³/mol. The van der Waals surface area contributed by atoms with Gasteiger partial charge in [0.15, 0.2) is 0 Å². The number of carbonyl (C=O) groups is 2. The first-order valence-electron chi connectivity index (χ1n) is 10.1. The Morgan fingerprint density at radius 2 is 1.75 bits per heavy atom. The summed E-state index contributed by atoms with van der Waals surface area (Å²) in [5.41, 5.74) is 2.57. The van der Waals surface area contributed by atoms with E-state index in [1.165, 1.54) is 0 Å². The minimum Gasteiger partial charge on any atom is -0.339 e. The molecule has 1 saturated carbocycles. The van der Waals surface area contributed by atoms with Crippen molar-refractivity contribution in [2.45, 2.75) is 58.9 Å². The molecule has 3 rings (SSSR count).